The van der Waals surface area contributed by atoms with Gasteiger partial charge in [0.05, 0.1) is 17.2 Å². The molecular weight excluding hydrogens is 647 g/mol. The number of rotatable bonds is 8. The molecule has 7 atom stereocenters. The minimum Gasteiger partial charge on any atom is -0.399 e. The maximum Gasteiger partial charge on any atom is 0.232 e. The molecule has 3 amide bonds. The maximum atomic E-state index is 14.6. The van der Waals surface area contributed by atoms with E-state index in [2.05, 4.69) is 86.4 Å². The SMILES string of the molecule is CC(C)C[C@@H](Cc1cnc[nH]1)C(=O)Nc1ccc2c(c1)[C@@]1(C)CCC[C@](C)(C(=O)NC(=O)[C@@]3(C)CCC[C@]4(C)c5cc(N)ccc5CC[C@@H]34)[C@@H]1CC2. The molecule has 8 nitrogen and oxygen atoms in total. The summed E-state index contributed by atoms with van der Waals surface area (Å²) in [5, 5.41) is 6.34. The molecule has 52 heavy (non-hydrogen) atoms. The zero-order valence-electron chi connectivity index (χ0n) is 32.2. The first-order valence-corrected chi connectivity index (χ1v) is 19.8. The number of aryl methyl sites for hydroxylation is 2. The van der Waals surface area contributed by atoms with Gasteiger partial charge in [-0.25, -0.2) is 4.98 Å². The number of fused-ring (bicyclic) bond motifs is 6. The highest BCUT2D eigenvalue weighted by Crippen LogP contribution is 2.59. The molecular formula is C44H59N5O3. The van der Waals surface area contributed by atoms with E-state index in [1.54, 1.807) is 12.5 Å². The number of hydrogen-bond donors (Lipinski definition) is 4. The van der Waals surface area contributed by atoms with Gasteiger partial charge in [0.2, 0.25) is 17.7 Å². The summed E-state index contributed by atoms with van der Waals surface area (Å²) in [6.45, 7) is 13.1. The molecule has 2 saturated carbocycles. The third-order valence-corrected chi connectivity index (χ3v) is 14.4. The molecule has 7 rings (SSSR count). The van der Waals surface area contributed by atoms with Crippen molar-refractivity contribution in [2.24, 2.45) is 34.5 Å². The van der Waals surface area contributed by atoms with Gasteiger partial charge in [0.25, 0.3) is 0 Å². The number of aromatic nitrogens is 2. The summed E-state index contributed by atoms with van der Waals surface area (Å²) in [6.07, 6.45) is 13.8. The van der Waals surface area contributed by atoms with Gasteiger partial charge in [0.15, 0.2) is 0 Å². The summed E-state index contributed by atoms with van der Waals surface area (Å²) in [5.41, 5.74) is 12.2. The van der Waals surface area contributed by atoms with E-state index in [1.165, 1.54) is 22.3 Å². The van der Waals surface area contributed by atoms with Crippen LogP contribution in [0.4, 0.5) is 11.4 Å². The largest absolute Gasteiger partial charge is 0.399 e. The number of nitrogens with zero attached hydrogens (tertiary/aromatic N) is 1. The molecule has 278 valence electrons. The van der Waals surface area contributed by atoms with Crippen molar-refractivity contribution in [3.8, 4) is 0 Å². The molecule has 1 heterocycles. The molecule has 5 N–H and O–H groups in total. The number of hydrogen-bond acceptors (Lipinski definition) is 5. The molecule has 0 spiro atoms. The van der Waals surface area contributed by atoms with Crippen LogP contribution >= 0.6 is 0 Å². The maximum absolute atomic E-state index is 14.6. The molecule has 0 saturated heterocycles. The third kappa shape index (κ3) is 6.18. The standard InChI is InChI=1S/C44H59N5O3/c1-27(2)21-30(22-33-25-46-26-47-33)38(50)48-32-14-10-29-12-16-37-42(4,35(29)24-32)18-8-20-44(37,6)40(52)49-39(51)43(5)19-7-17-41(3)34-23-31(45)13-9-28(34)11-15-36(41)43/h9-10,13-14,23-27,30,36-37H,7-8,11-12,15-22,45H2,1-6H3,(H,46,47)(H,48,50)(H,49,51,52)/t30-,36+,37+,41+,42+,43-,44-/m0/s1. The van der Waals surface area contributed by atoms with Crippen molar-refractivity contribution in [2.75, 3.05) is 11.1 Å². The lowest BCUT2D eigenvalue weighted by atomic mass is 9.49. The minimum atomic E-state index is -0.687. The normalized spacial score (nSPS) is 31.4. The zero-order chi connectivity index (χ0) is 37.1. The number of anilines is 2. The Morgan fingerprint density at radius 2 is 1.42 bits per heavy atom. The summed E-state index contributed by atoms with van der Waals surface area (Å²) in [7, 11) is 0. The smallest absolute Gasteiger partial charge is 0.232 e. The van der Waals surface area contributed by atoms with Crippen LogP contribution in [0.25, 0.3) is 0 Å². The van der Waals surface area contributed by atoms with Crippen LogP contribution in [0.15, 0.2) is 48.9 Å². The number of nitrogens with two attached hydrogens (primary N) is 1. The van der Waals surface area contributed by atoms with Crippen LogP contribution in [0.3, 0.4) is 0 Å². The van der Waals surface area contributed by atoms with Crippen LogP contribution in [-0.2, 0) is 44.5 Å². The van der Waals surface area contributed by atoms with Crippen LogP contribution in [0, 0.1) is 34.5 Å². The molecule has 8 heteroatoms. The van der Waals surface area contributed by atoms with Gasteiger partial charge in [0.1, 0.15) is 0 Å². The number of imide groups is 1. The number of nitrogens with one attached hydrogen (secondary N) is 3. The quantitative estimate of drug-likeness (QED) is 0.139. The molecule has 4 aliphatic carbocycles. The number of H-pyrrole nitrogens is 1. The molecule has 3 aromatic rings. The van der Waals surface area contributed by atoms with Gasteiger partial charge < -0.3 is 16.0 Å². The number of amides is 3. The van der Waals surface area contributed by atoms with Crippen LogP contribution in [0.5, 0.6) is 0 Å². The van der Waals surface area contributed by atoms with Crippen LogP contribution in [0.1, 0.15) is 127 Å². The molecule has 0 aliphatic heterocycles. The second kappa shape index (κ2) is 13.5. The molecule has 2 aromatic carbocycles. The van der Waals surface area contributed by atoms with Gasteiger partial charge in [0, 0.05) is 35.6 Å². The fourth-order valence-corrected chi connectivity index (χ4v) is 11.7. The van der Waals surface area contributed by atoms with E-state index in [0.29, 0.717) is 12.3 Å². The van der Waals surface area contributed by atoms with Crippen molar-refractivity contribution in [1.82, 2.24) is 15.3 Å². The molecule has 0 bridgehead atoms. The zero-order valence-corrected chi connectivity index (χ0v) is 32.2. The van der Waals surface area contributed by atoms with Gasteiger partial charge >= 0.3 is 0 Å². The Morgan fingerprint density at radius 3 is 1.98 bits per heavy atom. The molecule has 0 radical (unpaired) electrons. The Hall–Kier alpha value is -3.94. The van der Waals surface area contributed by atoms with Crippen molar-refractivity contribution in [2.45, 2.75) is 129 Å². The number of aromatic amines is 1. The fourth-order valence-electron chi connectivity index (χ4n) is 11.7. The van der Waals surface area contributed by atoms with E-state index in [0.717, 1.165) is 87.7 Å². The van der Waals surface area contributed by atoms with Crippen LogP contribution in [-0.4, -0.2) is 27.7 Å². The average Bonchev–Trinajstić information content (AvgIpc) is 3.61. The van der Waals surface area contributed by atoms with Crippen molar-refractivity contribution < 1.29 is 14.4 Å². The Bertz CT molecular complexity index is 1850. The molecule has 0 unspecified atom stereocenters. The predicted octanol–water partition coefficient (Wildman–Crippen LogP) is 8.20. The Kier molecular flexibility index (Phi) is 9.44. The van der Waals surface area contributed by atoms with Crippen molar-refractivity contribution >= 4 is 29.1 Å². The molecule has 2 fully saturated rings. The lowest BCUT2D eigenvalue weighted by Crippen LogP contribution is -2.60. The van der Waals surface area contributed by atoms with Gasteiger partial charge in [-0.1, -0.05) is 66.5 Å². The summed E-state index contributed by atoms with van der Waals surface area (Å²) in [6, 6.07) is 12.7. The highest BCUT2D eigenvalue weighted by molar-refractivity contribution is 6.01. The van der Waals surface area contributed by atoms with E-state index in [4.69, 9.17) is 5.73 Å². The summed E-state index contributed by atoms with van der Waals surface area (Å²) in [5.74, 6) is 0.197. The topological polar surface area (TPSA) is 130 Å². The lowest BCUT2D eigenvalue weighted by molar-refractivity contribution is -0.150. The van der Waals surface area contributed by atoms with E-state index in [1.807, 2.05) is 12.1 Å². The van der Waals surface area contributed by atoms with Gasteiger partial charge in [-0.3, -0.25) is 19.7 Å². The number of carbonyl (C=O) groups is 3. The van der Waals surface area contributed by atoms with Crippen molar-refractivity contribution in [1.29, 1.82) is 0 Å². The first-order valence-electron chi connectivity index (χ1n) is 19.8. The Balaban J connectivity index is 1.10. The van der Waals surface area contributed by atoms with Crippen molar-refractivity contribution in [3.63, 3.8) is 0 Å². The first-order chi connectivity index (χ1) is 24.7. The van der Waals surface area contributed by atoms with Gasteiger partial charge in [-0.05, 0) is 133 Å². The summed E-state index contributed by atoms with van der Waals surface area (Å²) in [4.78, 5) is 50.1. The third-order valence-electron chi connectivity index (χ3n) is 14.4. The second-order valence-electron chi connectivity index (χ2n) is 18.2. The predicted molar refractivity (Wildman–Crippen MR) is 207 cm³/mol. The molecule has 4 aliphatic rings. The lowest BCUT2D eigenvalue weighted by Gasteiger charge is -2.56. The molecule has 1 aromatic heterocycles. The first kappa shape index (κ1) is 36.4. The van der Waals surface area contributed by atoms with Crippen LogP contribution in [0.2, 0.25) is 0 Å². The fraction of sp³-hybridized carbons (Fsp3) is 0.591. The van der Waals surface area contributed by atoms with E-state index >= 15 is 0 Å². The summed E-state index contributed by atoms with van der Waals surface area (Å²) >= 11 is 0. The van der Waals surface area contributed by atoms with E-state index in [9.17, 15) is 14.4 Å². The highest BCUT2D eigenvalue weighted by Gasteiger charge is 2.58. The number of nitrogen functional groups attached to an aromatic ring is 1. The van der Waals surface area contributed by atoms with Gasteiger partial charge in [-0.2, -0.15) is 0 Å². The highest BCUT2D eigenvalue weighted by atomic mass is 16.2. The van der Waals surface area contributed by atoms with Crippen LogP contribution < -0.4 is 16.4 Å². The number of carbonyl (C=O) groups excluding carboxylic acids is 3. The number of imidazole rings is 1. The Labute approximate surface area is 309 Å². The van der Waals surface area contributed by atoms with E-state index < -0.39 is 10.8 Å². The van der Waals surface area contributed by atoms with Gasteiger partial charge in [-0.15, -0.1) is 0 Å². The monoisotopic (exact) mass is 705 g/mol. The summed E-state index contributed by atoms with van der Waals surface area (Å²) < 4.78 is 0. The Morgan fingerprint density at radius 1 is 0.846 bits per heavy atom. The number of benzene rings is 2. The average molecular weight is 706 g/mol. The minimum absolute atomic E-state index is 0.0179. The van der Waals surface area contributed by atoms with Crippen molar-refractivity contribution in [3.05, 3.63) is 76.9 Å². The second-order valence-corrected chi connectivity index (χ2v) is 18.2. The van der Waals surface area contributed by atoms with E-state index in [-0.39, 0.29) is 46.3 Å².